The number of amides is 2. The van der Waals surface area contributed by atoms with Crippen LogP contribution in [0.3, 0.4) is 0 Å². The summed E-state index contributed by atoms with van der Waals surface area (Å²) in [6, 6.07) is 20.2. The topological polar surface area (TPSA) is 72.8 Å². The maximum Gasteiger partial charge on any atom is 0.410 e. The molecule has 0 radical (unpaired) electrons. The van der Waals surface area contributed by atoms with E-state index in [1.807, 2.05) is 80.2 Å². The highest BCUT2D eigenvalue weighted by Crippen LogP contribution is 2.26. The van der Waals surface area contributed by atoms with Gasteiger partial charge in [0.1, 0.15) is 23.1 Å². The third-order valence-electron chi connectivity index (χ3n) is 7.16. The zero-order chi connectivity index (χ0) is 28.3. The van der Waals surface area contributed by atoms with Crippen molar-refractivity contribution >= 4 is 39.2 Å². The fraction of sp³-hybridized carbons (Fsp3) is 0.375. The number of benzene rings is 2. The molecule has 0 unspecified atom stereocenters. The van der Waals surface area contributed by atoms with Crippen molar-refractivity contribution in [3.8, 4) is 5.75 Å². The van der Waals surface area contributed by atoms with E-state index in [9.17, 15) is 9.59 Å². The molecule has 210 valence electrons. The molecule has 40 heavy (non-hydrogen) atoms. The van der Waals surface area contributed by atoms with Crippen molar-refractivity contribution in [2.75, 3.05) is 18.4 Å². The highest BCUT2D eigenvalue weighted by atomic mass is 32.1. The van der Waals surface area contributed by atoms with Gasteiger partial charge in [-0.05, 0) is 80.5 Å². The van der Waals surface area contributed by atoms with Gasteiger partial charge in [-0.2, -0.15) is 0 Å². The predicted octanol–water partition coefficient (Wildman–Crippen LogP) is 7.06. The Morgan fingerprint density at radius 1 is 1.00 bits per heavy atom. The average Bonchev–Trinajstić information content (AvgIpc) is 3.51. The first-order valence-corrected chi connectivity index (χ1v) is 14.7. The predicted molar refractivity (Wildman–Crippen MR) is 160 cm³/mol. The number of rotatable bonds is 7. The molecule has 0 aliphatic carbocycles. The van der Waals surface area contributed by atoms with Gasteiger partial charge in [-0.3, -0.25) is 4.79 Å². The van der Waals surface area contributed by atoms with E-state index in [1.165, 1.54) is 5.56 Å². The lowest BCUT2D eigenvalue weighted by atomic mass is 10.0. The summed E-state index contributed by atoms with van der Waals surface area (Å²) in [5.41, 5.74) is 4.39. The van der Waals surface area contributed by atoms with Gasteiger partial charge < -0.3 is 24.3 Å². The quantitative estimate of drug-likeness (QED) is 0.263. The van der Waals surface area contributed by atoms with Gasteiger partial charge in [0.2, 0.25) is 0 Å². The molecular weight excluding hydrogens is 522 g/mol. The number of carbonyl (C=O) groups is 2. The Hall–Kier alpha value is -3.78. The van der Waals surface area contributed by atoms with Gasteiger partial charge in [-0.15, -0.1) is 11.3 Å². The average molecular weight is 560 g/mol. The lowest BCUT2D eigenvalue weighted by Gasteiger charge is -2.33. The van der Waals surface area contributed by atoms with Crippen LogP contribution in [0.25, 0.3) is 10.2 Å². The minimum absolute atomic E-state index is 0.0834. The number of thiophene rings is 1. The summed E-state index contributed by atoms with van der Waals surface area (Å²) in [6.07, 6.45) is 3.05. The van der Waals surface area contributed by atoms with Crippen LogP contribution in [0.5, 0.6) is 5.75 Å². The largest absolute Gasteiger partial charge is 0.490 e. The van der Waals surface area contributed by atoms with Gasteiger partial charge >= 0.3 is 6.09 Å². The Morgan fingerprint density at radius 2 is 1.73 bits per heavy atom. The molecular formula is C32H37N3O4S. The van der Waals surface area contributed by atoms with Gasteiger partial charge in [0.15, 0.2) is 0 Å². The number of fused-ring (bicyclic) bond motifs is 1. The number of carbonyl (C=O) groups excluding carboxylic acids is 2. The summed E-state index contributed by atoms with van der Waals surface area (Å²) in [5, 5.41) is 5.16. The molecule has 0 spiro atoms. The molecule has 1 N–H and O–H groups in total. The molecule has 0 saturated carbocycles. The zero-order valence-electron chi connectivity index (χ0n) is 23.6. The number of anilines is 1. The number of hydrogen-bond acceptors (Lipinski definition) is 5. The number of para-hydroxylation sites is 1. The van der Waals surface area contributed by atoms with E-state index in [1.54, 1.807) is 16.2 Å². The molecule has 0 bridgehead atoms. The van der Waals surface area contributed by atoms with E-state index < -0.39 is 5.60 Å². The summed E-state index contributed by atoms with van der Waals surface area (Å²) in [5.74, 6) is 0.742. The van der Waals surface area contributed by atoms with E-state index in [2.05, 4.69) is 23.5 Å². The van der Waals surface area contributed by atoms with Crippen molar-refractivity contribution in [1.82, 2.24) is 9.47 Å². The van der Waals surface area contributed by atoms with E-state index in [-0.39, 0.29) is 18.1 Å². The van der Waals surface area contributed by atoms with Crippen molar-refractivity contribution < 1.29 is 19.1 Å². The SMILES string of the molecule is Cn1c(C(=O)Nc2ccccc2CCc2ccc(OC3CCN(C(=O)OC(C)(C)C)CC3)cc2)cc2sccc21. The van der Waals surface area contributed by atoms with E-state index in [4.69, 9.17) is 9.47 Å². The second kappa shape index (κ2) is 11.8. The molecule has 8 heteroatoms. The van der Waals surface area contributed by atoms with Gasteiger partial charge in [0.05, 0.1) is 10.2 Å². The molecule has 7 nitrogen and oxygen atoms in total. The number of nitrogens with one attached hydrogen (secondary N) is 1. The van der Waals surface area contributed by atoms with E-state index >= 15 is 0 Å². The Labute approximate surface area is 239 Å². The van der Waals surface area contributed by atoms with E-state index in [0.717, 1.165) is 52.9 Å². The smallest absolute Gasteiger partial charge is 0.410 e. The molecule has 2 aromatic carbocycles. The number of likely N-dealkylation sites (tertiary alicyclic amines) is 1. The Bertz CT molecular complexity index is 1470. The highest BCUT2D eigenvalue weighted by Gasteiger charge is 2.27. The summed E-state index contributed by atoms with van der Waals surface area (Å²) in [6.45, 7) is 6.92. The summed E-state index contributed by atoms with van der Waals surface area (Å²) < 4.78 is 14.7. The van der Waals surface area contributed by atoms with Gasteiger partial charge in [-0.25, -0.2) is 4.79 Å². The Balaban J connectivity index is 1.13. The van der Waals surface area contributed by atoms with Gasteiger partial charge in [0.25, 0.3) is 5.91 Å². The second-order valence-electron chi connectivity index (χ2n) is 11.3. The van der Waals surface area contributed by atoms with Crippen molar-refractivity contribution in [2.24, 2.45) is 7.05 Å². The zero-order valence-corrected chi connectivity index (χ0v) is 24.4. The third kappa shape index (κ3) is 6.67. The molecule has 0 atom stereocenters. The molecule has 5 rings (SSSR count). The normalized spacial score (nSPS) is 14.3. The van der Waals surface area contributed by atoms with Crippen molar-refractivity contribution in [3.63, 3.8) is 0 Å². The van der Waals surface area contributed by atoms with Gasteiger partial charge in [0, 0.05) is 38.7 Å². The van der Waals surface area contributed by atoms with Crippen LogP contribution in [0.2, 0.25) is 0 Å². The van der Waals surface area contributed by atoms with Crippen molar-refractivity contribution in [2.45, 2.75) is 58.2 Å². The molecule has 2 amide bonds. The Kier molecular flexibility index (Phi) is 8.17. The molecule has 1 saturated heterocycles. The van der Waals surface area contributed by atoms with Crippen LogP contribution in [-0.2, 0) is 24.6 Å². The minimum Gasteiger partial charge on any atom is -0.490 e. The number of aromatic nitrogens is 1. The molecule has 1 aliphatic rings. The fourth-order valence-corrected chi connectivity index (χ4v) is 5.85. The third-order valence-corrected chi connectivity index (χ3v) is 8.02. The minimum atomic E-state index is -0.485. The van der Waals surface area contributed by atoms with Crippen LogP contribution in [0.1, 0.15) is 55.2 Å². The van der Waals surface area contributed by atoms with Crippen LogP contribution in [0.15, 0.2) is 66.0 Å². The maximum atomic E-state index is 13.1. The number of hydrogen-bond donors (Lipinski definition) is 1. The Morgan fingerprint density at radius 3 is 2.42 bits per heavy atom. The van der Waals surface area contributed by atoms with Crippen LogP contribution in [0.4, 0.5) is 10.5 Å². The second-order valence-corrected chi connectivity index (χ2v) is 12.2. The standard InChI is InChI=1S/C32H37N3O4S/c1-32(2,3)39-31(37)35-18-15-25(16-19-35)38-24-13-10-22(11-14-24)9-12-23-7-5-6-8-26(23)33-30(36)28-21-29-27(34(28)4)17-20-40-29/h5-8,10-11,13-14,17,20-21,25H,9,12,15-16,18-19H2,1-4H3,(H,33,36). The molecule has 1 fully saturated rings. The first-order chi connectivity index (χ1) is 19.2. The van der Waals surface area contributed by atoms with Crippen LogP contribution < -0.4 is 10.1 Å². The number of ether oxygens (including phenoxy) is 2. The van der Waals surface area contributed by atoms with E-state index in [0.29, 0.717) is 18.8 Å². The van der Waals surface area contributed by atoms with Crippen molar-refractivity contribution in [3.05, 3.63) is 82.9 Å². The summed E-state index contributed by atoms with van der Waals surface area (Å²) in [4.78, 5) is 27.1. The number of piperidine rings is 1. The lowest BCUT2D eigenvalue weighted by Crippen LogP contribution is -2.44. The summed E-state index contributed by atoms with van der Waals surface area (Å²) in [7, 11) is 1.93. The van der Waals surface area contributed by atoms with Crippen LogP contribution >= 0.6 is 11.3 Å². The van der Waals surface area contributed by atoms with Crippen LogP contribution in [0, 0.1) is 0 Å². The summed E-state index contributed by atoms with van der Waals surface area (Å²) >= 11 is 1.64. The number of aryl methyl sites for hydroxylation is 3. The monoisotopic (exact) mass is 559 g/mol. The lowest BCUT2D eigenvalue weighted by molar-refractivity contribution is 0.0126. The maximum absolute atomic E-state index is 13.1. The highest BCUT2D eigenvalue weighted by molar-refractivity contribution is 7.17. The first kappa shape index (κ1) is 27.8. The molecule has 4 aromatic rings. The first-order valence-electron chi connectivity index (χ1n) is 13.8. The molecule has 2 aromatic heterocycles. The fourth-order valence-electron chi connectivity index (χ4n) is 5.00. The van der Waals surface area contributed by atoms with Crippen molar-refractivity contribution in [1.29, 1.82) is 0 Å². The molecule has 1 aliphatic heterocycles. The molecule has 3 heterocycles. The van der Waals surface area contributed by atoms with Crippen LogP contribution in [-0.4, -0.2) is 46.3 Å². The van der Waals surface area contributed by atoms with Gasteiger partial charge in [-0.1, -0.05) is 30.3 Å². The number of nitrogens with zero attached hydrogens (tertiary/aromatic N) is 2.